The van der Waals surface area contributed by atoms with Gasteiger partial charge < -0.3 is 0 Å². The van der Waals surface area contributed by atoms with Gasteiger partial charge in [-0.15, -0.1) is 10.2 Å². The first-order valence-electron chi connectivity index (χ1n) is 7.72. The van der Waals surface area contributed by atoms with Crippen molar-refractivity contribution in [2.24, 2.45) is 4.99 Å². The second-order valence-electron chi connectivity index (χ2n) is 5.83. The molecule has 126 valence electrons. The Balaban J connectivity index is 2.12. The summed E-state index contributed by atoms with van der Waals surface area (Å²) in [5.41, 5.74) is 1.09. The zero-order chi connectivity index (χ0) is 17.7. The Kier molecular flexibility index (Phi) is 3.65. The standard InChI is InChI=1S/C18H13ClF2N4/c1-9-18-24-23-10(2)25(18)14-8-3-5-11(19)15(14)17(22-9)16-12(20)6-4-7-13(16)21/h3-9H,1-2H3/t9-/m0/s1. The number of hydrogen-bond acceptors (Lipinski definition) is 3. The summed E-state index contributed by atoms with van der Waals surface area (Å²) in [5.74, 6) is -0.138. The van der Waals surface area contributed by atoms with Crippen molar-refractivity contribution in [2.45, 2.75) is 19.9 Å². The molecule has 1 aliphatic rings. The maximum atomic E-state index is 14.5. The van der Waals surface area contributed by atoms with Crippen LogP contribution in [0.1, 0.15) is 35.7 Å². The van der Waals surface area contributed by atoms with Crippen LogP contribution in [-0.2, 0) is 0 Å². The van der Waals surface area contributed by atoms with Crippen LogP contribution in [0.5, 0.6) is 0 Å². The third-order valence-corrected chi connectivity index (χ3v) is 4.53. The molecule has 4 rings (SSSR count). The van der Waals surface area contributed by atoms with Crippen LogP contribution in [0.4, 0.5) is 8.78 Å². The zero-order valence-corrected chi connectivity index (χ0v) is 14.2. The topological polar surface area (TPSA) is 43.1 Å². The van der Waals surface area contributed by atoms with E-state index in [1.165, 1.54) is 18.2 Å². The Hall–Kier alpha value is -2.60. The van der Waals surface area contributed by atoms with Crippen molar-refractivity contribution in [1.29, 1.82) is 0 Å². The summed E-state index contributed by atoms with van der Waals surface area (Å²) in [4.78, 5) is 4.55. The van der Waals surface area contributed by atoms with Gasteiger partial charge in [0.15, 0.2) is 5.82 Å². The summed E-state index contributed by atoms with van der Waals surface area (Å²) >= 11 is 6.42. The number of aromatic nitrogens is 3. The van der Waals surface area contributed by atoms with E-state index in [-0.39, 0.29) is 11.3 Å². The molecule has 1 atom stereocenters. The lowest BCUT2D eigenvalue weighted by Gasteiger charge is -2.14. The molecule has 25 heavy (non-hydrogen) atoms. The first-order chi connectivity index (χ1) is 12.0. The Morgan fingerprint density at radius 1 is 1.00 bits per heavy atom. The molecule has 7 heteroatoms. The predicted octanol–water partition coefficient (Wildman–Crippen LogP) is 4.42. The number of aryl methyl sites for hydroxylation is 1. The predicted molar refractivity (Wildman–Crippen MR) is 91.5 cm³/mol. The average molecular weight is 359 g/mol. The number of rotatable bonds is 1. The molecule has 4 nitrogen and oxygen atoms in total. The maximum absolute atomic E-state index is 14.5. The van der Waals surface area contributed by atoms with E-state index < -0.39 is 17.7 Å². The van der Waals surface area contributed by atoms with Crippen LogP contribution < -0.4 is 0 Å². The minimum Gasteiger partial charge on any atom is -0.281 e. The van der Waals surface area contributed by atoms with Crippen LogP contribution in [0.3, 0.4) is 0 Å². The van der Waals surface area contributed by atoms with Crippen molar-refractivity contribution in [2.75, 3.05) is 0 Å². The molecule has 0 bridgehead atoms. The van der Waals surface area contributed by atoms with Crippen molar-refractivity contribution in [3.05, 3.63) is 75.8 Å². The summed E-state index contributed by atoms with van der Waals surface area (Å²) in [6.07, 6.45) is 0. The monoisotopic (exact) mass is 358 g/mol. The molecule has 3 aromatic rings. The molecule has 2 heterocycles. The number of hydrogen-bond donors (Lipinski definition) is 0. The molecule has 0 amide bonds. The first kappa shape index (κ1) is 15.9. The fourth-order valence-corrected chi connectivity index (χ4v) is 3.37. The summed E-state index contributed by atoms with van der Waals surface area (Å²) in [7, 11) is 0. The molecular weight excluding hydrogens is 346 g/mol. The molecule has 0 spiro atoms. The van der Waals surface area contributed by atoms with E-state index >= 15 is 0 Å². The Morgan fingerprint density at radius 3 is 2.40 bits per heavy atom. The molecule has 0 radical (unpaired) electrons. The number of nitrogens with zero attached hydrogens (tertiary/aromatic N) is 4. The van der Waals surface area contributed by atoms with E-state index in [1.807, 2.05) is 17.6 Å². The van der Waals surface area contributed by atoms with Gasteiger partial charge in [-0.1, -0.05) is 23.7 Å². The van der Waals surface area contributed by atoms with Crippen LogP contribution in [-0.4, -0.2) is 20.5 Å². The normalized spacial score (nSPS) is 16.0. The lowest BCUT2D eigenvalue weighted by atomic mass is 9.99. The highest BCUT2D eigenvalue weighted by Gasteiger charge is 2.29. The molecule has 0 saturated heterocycles. The van der Waals surface area contributed by atoms with E-state index in [0.29, 0.717) is 27.9 Å². The number of benzene rings is 2. The maximum Gasteiger partial charge on any atom is 0.162 e. The third-order valence-electron chi connectivity index (χ3n) is 4.22. The molecular formula is C18H13ClF2N4. The number of aliphatic imine (C=N–C) groups is 1. The van der Waals surface area contributed by atoms with Gasteiger partial charge in [0.05, 0.1) is 22.0 Å². The molecule has 0 fully saturated rings. The fraction of sp³-hybridized carbons (Fsp3) is 0.167. The lowest BCUT2D eigenvalue weighted by Crippen LogP contribution is -2.12. The van der Waals surface area contributed by atoms with E-state index in [4.69, 9.17) is 11.6 Å². The van der Waals surface area contributed by atoms with Gasteiger partial charge in [0, 0.05) is 5.56 Å². The lowest BCUT2D eigenvalue weighted by molar-refractivity contribution is 0.578. The van der Waals surface area contributed by atoms with Crippen molar-refractivity contribution >= 4 is 17.3 Å². The van der Waals surface area contributed by atoms with Gasteiger partial charge >= 0.3 is 0 Å². The van der Waals surface area contributed by atoms with Gasteiger partial charge in [0.25, 0.3) is 0 Å². The highest BCUT2D eigenvalue weighted by molar-refractivity contribution is 6.36. The van der Waals surface area contributed by atoms with Crippen LogP contribution >= 0.6 is 11.6 Å². The first-order valence-corrected chi connectivity index (χ1v) is 8.10. The van der Waals surface area contributed by atoms with Gasteiger partial charge in [-0.2, -0.15) is 0 Å². The smallest absolute Gasteiger partial charge is 0.162 e. The zero-order valence-electron chi connectivity index (χ0n) is 13.5. The summed E-state index contributed by atoms with van der Waals surface area (Å²) in [6.45, 7) is 3.61. The van der Waals surface area contributed by atoms with Gasteiger partial charge in [0.2, 0.25) is 0 Å². The largest absolute Gasteiger partial charge is 0.281 e. The molecule has 2 aromatic carbocycles. The van der Waals surface area contributed by atoms with Crippen molar-refractivity contribution in [3.63, 3.8) is 0 Å². The molecule has 1 aromatic heterocycles. The highest BCUT2D eigenvalue weighted by atomic mass is 35.5. The van der Waals surface area contributed by atoms with Gasteiger partial charge in [-0.25, -0.2) is 8.78 Å². The van der Waals surface area contributed by atoms with Gasteiger partial charge in [-0.3, -0.25) is 9.56 Å². The number of halogens is 3. The molecule has 0 saturated carbocycles. The molecule has 0 unspecified atom stereocenters. The third kappa shape index (κ3) is 2.36. The van der Waals surface area contributed by atoms with E-state index in [9.17, 15) is 8.78 Å². The summed E-state index contributed by atoms with van der Waals surface area (Å²) < 4.78 is 30.7. The Morgan fingerprint density at radius 2 is 1.68 bits per heavy atom. The molecule has 0 N–H and O–H groups in total. The molecule has 0 aliphatic carbocycles. The summed E-state index contributed by atoms with van der Waals surface area (Å²) in [5, 5.41) is 8.63. The summed E-state index contributed by atoms with van der Waals surface area (Å²) in [6, 6.07) is 8.55. The second-order valence-corrected chi connectivity index (χ2v) is 6.23. The van der Waals surface area contributed by atoms with E-state index in [2.05, 4.69) is 15.2 Å². The van der Waals surface area contributed by atoms with Crippen LogP contribution in [0.25, 0.3) is 5.69 Å². The van der Waals surface area contributed by atoms with Crippen molar-refractivity contribution in [1.82, 2.24) is 14.8 Å². The average Bonchev–Trinajstić information content (AvgIpc) is 2.89. The second kappa shape index (κ2) is 5.74. The van der Waals surface area contributed by atoms with E-state index in [0.717, 1.165) is 0 Å². The SMILES string of the molecule is Cc1nnc2n1-c1cccc(Cl)c1C(c1c(F)cccc1F)=N[C@H]2C. The van der Waals surface area contributed by atoms with Crippen molar-refractivity contribution < 1.29 is 8.78 Å². The Labute approximate surface area is 147 Å². The quantitative estimate of drug-likeness (QED) is 0.646. The van der Waals surface area contributed by atoms with E-state index in [1.54, 1.807) is 19.1 Å². The van der Waals surface area contributed by atoms with Gasteiger partial charge in [-0.05, 0) is 38.1 Å². The minimum atomic E-state index is -0.689. The minimum absolute atomic E-state index is 0.175. The Bertz CT molecular complexity index is 1010. The van der Waals surface area contributed by atoms with Gasteiger partial charge in [0.1, 0.15) is 23.5 Å². The van der Waals surface area contributed by atoms with Crippen LogP contribution in [0.2, 0.25) is 5.02 Å². The van der Waals surface area contributed by atoms with Crippen LogP contribution in [0.15, 0.2) is 41.4 Å². The van der Waals surface area contributed by atoms with Crippen LogP contribution in [0, 0.1) is 18.6 Å². The highest BCUT2D eigenvalue weighted by Crippen LogP contribution is 2.35. The molecule has 1 aliphatic heterocycles. The van der Waals surface area contributed by atoms with Crippen molar-refractivity contribution in [3.8, 4) is 5.69 Å². The number of fused-ring (bicyclic) bond motifs is 3. The fourth-order valence-electron chi connectivity index (χ4n) is 3.11.